The van der Waals surface area contributed by atoms with Crippen LogP contribution >= 0.6 is 11.8 Å². The van der Waals surface area contributed by atoms with Crippen molar-refractivity contribution in [1.29, 1.82) is 0 Å². The van der Waals surface area contributed by atoms with Gasteiger partial charge in [0.1, 0.15) is 0 Å². The summed E-state index contributed by atoms with van der Waals surface area (Å²) in [5, 5.41) is 9.73. The standard InChI is InChI=1S/C15H18N4O3S/c20-13(16-11-5-2-1-3-6-11)10-23-15-18-17-14(21)19(15)9-12-7-4-8-22-12/h1-3,5-6,12H,4,7-10H2,(H,16,20)(H,17,21). The van der Waals surface area contributed by atoms with Crippen molar-refractivity contribution in [2.45, 2.75) is 30.6 Å². The number of hydrogen-bond donors (Lipinski definition) is 2. The lowest BCUT2D eigenvalue weighted by atomic mass is 10.2. The topological polar surface area (TPSA) is 89.0 Å². The van der Waals surface area contributed by atoms with E-state index in [-0.39, 0.29) is 23.5 Å². The fraction of sp³-hybridized carbons (Fsp3) is 0.400. The number of anilines is 1. The number of thioether (sulfide) groups is 1. The third-order valence-electron chi connectivity index (χ3n) is 3.52. The van der Waals surface area contributed by atoms with Gasteiger partial charge in [-0.15, -0.1) is 5.10 Å². The number of ether oxygens (including phenoxy) is 1. The molecule has 3 rings (SSSR count). The van der Waals surface area contributed by atoms with Crippen LogP contribution in [0, 0.1) is 0 Å². The van der Waals surface area contributed by atoms with Crippen molar-refractivity contribution in [2.24, 2.45) is 0 Å². The van der Waals surface area contributed by atoms with Crippen LogP contribution in [-0.2, 0) is 16.1 Å². The molecule has 2 N–H and O–H groups in total. The maximum Gasteiger partial charge on any atom is 0.344 e. The van der Waals surface area contributed by atoms with Crippen molar-refractivity contribution in [1.82, 2.24) is 14.8 Å². The lowest BCUT2D eigenvalue weighted by Crippen LogP contribution is -2.25. The fourth-order valence-electron chi connectivity index (χ4n) is 2.42. The Hall–Kier alpha value is -2.06. The second-order valence-electron chi connectivity index (χ2n) is 5.26. The third kappa shape index (κ3) is 4.23. The number of hydrogen-bond acceptors (Lipinski definition) is 5. The van der Waals surface area contributed by atoms with Gasteiger partial charge in [0.05, 0.1) is 18.4 Å². The molecule has 7 nitrogen and oxygen atoms in total. The van der Waals surface area contributed by atoms with Crippen LogP contribution in [0.3, 0.4) is 0 Å². The molecule has 1 aliphatic rings. The average Bonchev–Trinajstić information content (AvgIpc) is 3.18. The van der Waals surface area contributed by atoms with E-state index < -0.39 is 0 Å². The number of benzene rings is 1. The van der Waals surface area contributed by atoms with E-state index in [9.17, 15) is 9.59 Å². The van der Waals surface area contributed by atoms with Crippen LogP contribution in [0.5, 0.6) is 0 Å². The summed E-state index contributed by atoms with van der Waals surface area (Å²) < 4.78 is 7.09. The molecule has 122 valence electrons. The second-order valence-corrected chi connectivity index (χ2v) is 6.20. The van der Waals surface area contributed by atoms with Crippen molar-refractivity contribution in [3.63, 3.8) is 0 Å². The van der Waals surface area contributed by atoms with Gasteiger partial charge in [-0.25, -0.2) is 9.89 Å². The smallest absolute Gasteiger partial charge is 0.344 e. The average molecular weight is 334 g/mol. The number of rotatable bonds is 6. The minimum Gasteiger partial charge on any atom is -0.376 e. The number of aromatic nitrogens is 3. The summed E-state index contributed by atoms with van der Waals surface area (Å²) in [7, 11) is 0. The first kappa shape index (κ1) is 15.8. The highest BCUT2D eigenvalue weighted by atomic mass is 32.2. The number of nitrogens with zero attached hydrogens (tertiary/aromatic N) is 2. The van der Waals surface area contributed by atoms with E-state index in [1.54, 1.807) is 0 Å². The molecule has 1 atom stereocenters. The summed E-state index contributed by atoms with van der Waals surface area (Å²) in [6, 6.07) is 9.25. The van der Waals surface area contributed by atoms with Crippen LogP contribution < -0.4 is 11.0 Å². The van der Waals surface area contributed by atoms with Crippen LogP contribution in [0.4, 0.5) is 5.69 Å². The predicted octanol–water partition coefficient (Wildman–Crippen LogP) is 1.48. The Kier molecular flexibility index (Phi) is 5.14. The fourth-order valence-corrected chi connectivity index (χ4v) is 3.17. The van der Waals surface area contributed by atoms with Crippen LogP contribution in [0.1, 0.15) is 12.8 Å². The van der Waals surface area contributed by atoms with Crippen molar-refractivity contribution < 1.29 is 9.53 Å². The second kappa shape index (κ2) is 7.47. The molecule has 23 heavy (non-hydrogen) atoms. The van der Waals surface area contributed by atoms with Gasteiger partial charge in [-0.3, -0.25) is 9.36 Å². The highest BCUT2D eigenvalue weighted by Gasteiger charge is 2.20. The quantitative estimate of drug-likeness (QED) is 0.781. The summed E-state index contributed by atoms with van der Waals surface area (Å²) in [5.74, 6) is 0.0466. The van der Waals surface area contributed by atoms with E-state index >= 15 is 0 Å². The van der Waals surface area contributed by atoms with Crippen LogP contribution in [-0.4, -0.2) is 39.1 Å². The van der Waals surface area contributed by atoms with Gasteiger partial charge in [0.15, 0.2) is 5.16 Å². The number of nitrogens with one attached hydrogen (secondary N) is 2. The zero-order valence-electron chi connectivity index (χ0n) is 12.5. The molecule has 2 heterocycles. The molecule has 0 spiro atoms. The largest absolute Gasteiger partial charge is 0.376 e. The summed E-state index contributed by atoms with van der Waals surface area (Å²) in [5.41, 5.74) is 0.475. The molecule has 1 amide bonds. The summed E-state index contributed by atoms with van der Waals surface area (Å²) in [4.78, 5) is 23.8. The van der Waals surface area contributed by atoms with E-state index in [0.29, 0.717) is 11.7 Å². The lowest BCUT2D eigenvalue weighted by Gasteiger charge is -2.11. The number of amides is 1. The first-order valence-electron chi connectivity index (χ1n) is 7.47. The van der Waals surface area contributed by atoms with Crippen LogP contribution in [0.25, 0.3) is 0 Å². The summed E-state index contributed by atoms with van der Waals surface area (Å²) in [6.45, 7) is 1.21. The Bertz CT molecular complexity index is 707. The Balaban J connectivity index is 1.57. The van der Waals surface area contributed by atoms with E-state index in [4.69, 9.17) is 4.74 Å². The van der Waals surface area contributed by atoms with E-state index in [1.807, 2.05) is 30.3 Å². The molecule has 1 aliphatic heterocycles. The maximum atomic E-state index is 12.0. The molecular weight excluding hydrogens is 316 g/mol. The highest BCUT2D eigenvalue weighted by Crippen LogP contribution is 2.18. The number of H-pyrrole nitrogens is 1. The highest BCUT2D eigenvalue weighted by molar-refractivity contribution is 7.99. The van der Waals surface area contributed by atoms with Gasteiger partial charge in [-0.05, 0) is 25.0 Å². The monoisotopic (exact) mass is 334 g/mol. The number of aromatic amines is 1. The molecule has 1 aromatic carbocycles. The Morgan fingerprint density at radius 3 is 3.00 bits per heavy atom. The molecule has 0 aliphatic carbocycles. The molecule has 0 radical (unpaired) electrons. The Labute approximate surface area is 137 Å². The molecular formula is C15H18N4O3S. The van der Waals surface area contributed by atoms with Gasteiger partial charge < -0.3 is 10.1 Å². The Morgan fingerprint density at radius 2 is 2.26 bits per heavy atom. The molecule has 1 saturated heterocycles. The molecule has 0 saturated carbocycles. The number of carbonyl (C=O) groups excluding carboxylic acids is 1. The van der Waals surface area contributed by atoms with Crippen LogP contribution in [0.15, 0.2) is 40.3 Å². The van der Waals surface area contributed by atoms with Gasteiger partial charge in [0.2, 0.25) is 5.91 Å². The van der Waals surface area contributed by atoms with Gasteiger partial charge >= 0.3 is 5.69 Å². The van der Waals surface area contributed by atoms with Gasteiger partial charge in [-0.2, -0.15) is 0 Å². The summed E-state index contributed by atoms with van der Waals surface area (Å²) in [6.07, 6.45) is 2.00. The number of carbonyl (C=O) groups is 1. The molecule has 2 aromatic rings. The third-order valence-corrected chi connectivity index (χ3v) is 4.50. The zero-order chi connectivity index (χ0) is 16.1. The van der Waals surface area contributed by atoms with E-state index in [2.05, 4.69) is 15.5 Å². The van der Waals surface area contributed by atoms with Crippen molar-refractivity contribution in [3.05, 3.63) is 40.8 Å². The van der Waals surface area contributed by atoms with Gasteiger partial charge in [0.25, 0.3) is 0 Å². The van der Waals surface area contributed by atoms with Crippen molar-refractivity contribution in [3.8, 4) is 0 Å². The molecule has 0 bridgehead atoms. The van der Waals surface area contributed by atoms with Gasteiger partial charge in [-0.1, -0.05) is 30.0 Å². The molecule has 1 aromatic heterocycles. The number of para-hydroxylation sites is 1. The lowest BCUT2D eigenvalue weighted by molar-refractivity contribution is -0.113. The van der Waals surface area contributed by atoms with Gasteiger partial charge in [0, 0.05) is 12.3 Å². The first-order chi connectivity index (χ1) is 11.2. The van der Waals surface area contributed by atoms with E-state index in [0.717, 1.165) is 25.1 Å². The minimum atomic E-state index is -0.272. The molecule has 8 heteroatoms. The predicted molar refractivity (Wildman–Crippen MR) is 87.6 cm³/mol. The van der Waals surface area contributed by atoms with Crippen LogP contribution in [0.2, 0.25) is 0 Å². The SMILES string of the molecule is O=C(CSc1n[nH]c(=O)n1CC1CCCO1)Nc1ccccc1. The maximum absolute atomic E-state index is 12.0. The van der Waals surface area contributed by atoms with Crippen molar-refractivity contribution in [2.75, 3.05) is 17.7 Å². The Morgan fingerprint density at radius 1 is 1.43 bits per heavy atom. The summed E-state index contributed by atoms with van der Waals surface area (Å²) >= 11 is 1.23. The van der Waals surface area contributed by atoms with E-state index in [1.165, 1.54) is 16.3 Å². The van der Waals surface area contributed by atoms with Crippen molar-refractivity contribution >= 4 is 23.4 Å². The molecule has 1 unspecified atom stereocenters. The zero-order valence-corrected chi connectivity index (χ0v) is 13.3. The minimum absolute atomic E-state index is 0.0443. The normalized spacial score (nSPS) is 17.3. The first-order valence-corrected chi connectivity index (χ1v) is 8.45. The molecule has 1 fully saturated rings.